The Kier molecular flexibility index (Phi) is 7.59. The molecular formula is C26H21N3O4S2. The fourth-order valence-electron chi connectivity index (χ4n) is 3.34. The van der Waals surface area contributed by atoms with E-state index in [1.165, 1.54) is 35.2 Å². The Morgan fingerprint density at radius 3 is 2.46 bits per heavy atom. The molecular weight excluding hydrogens is 482 g/mol. The molecule has 1 heterocycles. The summed E-state index contributed by atoms with van der Waals surface area (Å²) in [7, 11) is 0. The molecule has 0 saturated heterocycles. The molecule has 35 heavy (non-hydrogen) atoms. The van der Waals surface area contributed by atoms with Gasteiger partial charge in [-0.25, -0.2) is 0 Å². The van der Waals surface area contributed by atoms with Crippen molar-refractivity contribution in [2.45, 2.75) is 17.1 Å². The number of nitrogens with one attached hydrogen (secondary N) is 2. The van der Waals surface area contributed by atoms with Crippen molar-refractivity contribution in [2.75, 3.05) is 10.6 Å². The van der Waals surface area contributed by atoms with E-state index in [2.05, 4.69) is 10.6 Å². The van der Waals surface area contributed by atoms with Gasteiger partial charge in [-0.2, -0.15) is 0 Å². The first-order valence-electron chi connectivity index (χ1n) is 10.6. The summed E-state index contributed by atoms with van der Waals surface area (Å²) in [5, 5.41) is 18.1. The molecule has 2 N–H and O–H groups in total. The van der Waals surface area contributed by atoms with Crippen molar-refractivity contribution in [2.24, 2.45) is 0 Å². The van der Waals surface area contributed by atoms with Crippen LogP contribution in [0.15, 0.2) is 95.2 Å². The van der Waals surface area contributed by atoms with Crippen LogP contribution in [-0.2, 0) is 4.79 Å². The summed E-state index contributed by atoms with van der Waals surface area (Å²) >= 11 is 2.69. The Balaban J connectivity index is 1.58. The highest BCUT2D eigenvalue weighted by molar-refractivity contribution is 8.00. The Labute approximate surface area is 210 Å². The van der Waals surface area contributed by atoms with Crippen molar-refractivity contribution in [3.05, 3.63) is 116 Å². The fourth-order valence-corrected chi connectivity index (χ4v) is 5.04. The van der Waals surface area contributed by atoms with E-state index in [0.29, 0.717) is 16.3 Å². The first-order valence-corrected chi connectivity index (χ1v) is 12.4. The van der Waals surface area contributed by atoms with Crippen LogP contribution in [0.5, 0.6) is 0 Å². The molecule has 4 aromatic rings. The number of non-ortho nitro benzene ring substituents is 1. The molecule has 0 bridgehead atoms. The Morgan fingerprint density at radius 1 is 0.943 bits per heavy atom. The smallest absolute Gasteiger partial charge is 0.271 e. The zero-order valence-electron chi connectivity index (χ0n) is 18.6. The maximum Gasteiger partial charge on any atom is 0.271 e. The number of thiophene rings is 1. The molecule has 0 radical (unpaired) electrons. The molecule has 4 rings (SSSR count). The molecule has 2 amide bonds. The van der Waals surface area contributed by atoms with E-state index in [-0.39, 0.29) is 17.5 Å². The van der Waals surface area contributed by atoms with E-state index in [0.717, 1.165) is 16.0 Å². The number of nitro benzene ring substituents is 1. The van der Waals surface area contributed by atoms with Crippen LogP contribution in [0.1, 0.15) is 26.0 Å². The van der Waals surface area contributed by atoms with Crippen LogP contribution < -0.4 is 10.6 Å². The summed E-state index contributed by atoms with van der Waals surface area (Å²) in [6, 6.07) is 24.5. The van der Waals surface area contributed by atoms with Crippen LogP contribution in [-0.4, -0.2) is 16.7 Å². The highest BCUT2D eigenvalue weighted by atomic mass is 32.2. The van der Waals surface area contributed by atoms with E-state index < -0.39 is 10.2 Å². The van der Waals surface area contributed by atoms with Crippen molar-refractivity contribution in [3.8, 4) is 0 Å². The lowest BCUT2D eigenvalue weighted by atomic mass is 10.1. The van der Waals surface area contributed by atoms with Crippen LogP contribution in [0.2, 0.25) is 0 Å². The lowest BCUT2D eigenvalue weighted by Crippen LogP contribution is -2.19. The fraction of sp³-hybridized carbons (Fsp3) is 0.0769. The van der Waals surface area contributed by atoms with E-state index >= 15 is 0 Å². The number of hydrogen-bond acceptors (Lipinski definition) is 6. The summed E-state index contributed by atoms with van der Waals surface area (Å²) in [5.74, 6) is -0.501. The van der Waals surface area contributed by atoms with Gasteiger partial charge in [-0.1, -0.05) is 48.5 Å². The maximum atomic E-state index is 13.4. The van der Waals surface area contributed by atoms with Crippen molar-refractivity contribution in [3.63, 3.8) is 0 Å². The van der Waals surface area contributed by atoms with Crippen LogP contribution in [0.25, 0.3) is 0 Å². The average Bonchev–Trinajstić information content (AvgIpc) is 3.40. The van der Waals surface area contributed by atoms with Crippen molar-refractivity contribution >= 4 is 52.0 Å². The Hall–Kier alpha value is -3.95. The van der Waals surface area contributed by atoms with Gasteiger partial charge in [0.15, 0.2) is 0 Å². The molecule has 1 aromatic heterocycles. The van der Waals surface area contributed by atoms with Gasteiger partial charge in [0, 0.05) is 22.7 Å². The Morgan fingerprint density at radius 2 is 1.74 bits per heavy atom. The van der Waals surface area contributed by atoms with Crippen molar-refractivity contribution in [1.29, 1.82) is 0 Å². The third kappa shape index (κ3) is 6.14. The van der Waals surface area contributed by atoms with E-state index in [9.17, 15) is 19.7 Å². The van der Waals surface area contributed by atoms with Crippen molar-refractivity contribution < 1.29 is 14.5 Å². The van der Waals surface area contributed by atoms with E-state index in [4.69, 9.17) is 0 Å². The molecule has 0 saturated carbocycles. The number of rotatable bonds is 8. The molecule has 0 aliphatic heterocycles. The molecule has 7 nitrogen and oxygen atoms in total. The summed E-state index contributed by atoms with van der Waals surface area (Å²) in [6.45, 7) is 1.78. The van der Waals surface area contributed by atoms with Crippen LogP contribution >= 0.6 is 23.1 Å². The summed E-state index contributed by atoms with van der Waals surface area (Å²) in [6.07, 6.45) is 0. The van der Waals surface area contributed by atoms with Crippen molar-refractivity contribution in [1.82, 2.24) is 0 Å². The number of anilines is 2. The Bertz CT molecular complexity index is 1360. The molecule has 0 fully saturated rings. The molecule has 3 aromatic carbocycles. The number of aryl methyl sites for hydroxylation is 1. The average molecular weight is 504 g/mol. The first kappa shape index (κ1) is 24.2. The monoisotopic (exact) mass is 503 g/mol. The summed E-state index contributed by atoms with van der Waals surface area (Å²) in [4.78, 5) is 37.9. The quantitative estimate of drug-likeness (QED) is 0.158. The summed E-state index contributed by atoms with van der Waals surface area (Å²) in [5.41, 5.74) is 2.42. The lowest BCUT2D eigenvalue weighted by Gasteiger charge is -2.18. The number of amides is 2. The standard InChI is InChI=1S/C26H21N3O4S2/c1-17-12-13-20(29(32)33)16-22(17)28-26(31)24(18-7-3-2-4-8-18)35-21-10-5-9-19(15-21)27-25(30)23-11-6-14-34-23/h2-16,24H,1H3,(H,27,30)(H,28,31). The summed E-state index contributed by atoms with van der Waals surface area (Å²) < 4.78 is 0. The maximum absolute atomic E-state index is 13.4. The lowest BCUT2D eigenvalue weighted by molar-refractivity contribution is -0.384. The highest BCUT2D eigenvalue weighted by Gasteiger charge is 2.23. The second-order valence-corrected chi connectivity index (χ2v) is 9.74. The van der Waals surface area contributed by atoms with E-state index in [1.54, 1.807) is 25.1 Å². The largest absolute Gasteiger partial charge is 0.324 e. The predicted molar refractivity (Wildman–Crippen MR) is 140 cm³/mol. The zero-order chi connectivity index (χ0) is 24.8. The molecule has 0 aliphatic rings. The van der Waals surface area contributed by atoms with Gasteiger partial charge in [-0.3, -0.25) is 19.7 Å². The molecule has 1 unspecified atom stereocenters. The van der Waals surface area contributed by atoms with Gasteiger partial charge in [0.2, 0.25) is 5.91 Å². The number of thioether (sulfide) groups is 1. The second-order valence-electron chi connectivity index (χ2n) is 7.61. The minimum atomic E-state index is -0.627. The molecule has 9 heteroatoms. The first-order chi connectivity index (χ1) is 16.9. The molecule has 1 atom stereocenters. The third-order valence-corrected chi connectivity index (χ3v) is 7.24. The second kappa shape index (κ2) is 11.0. The number of hydrogen-bond donors (Lipinski definition) is 2. The highest BCUT2D eigenvalue weighted by Crippen LogP contribution is 2.37. The van der Waals surface area contributed by atoms with Gasteiger partial charge in [-0.15, -0.1) is 23.1 Å². The number of benzene rings is 3. The number of carbonyl (C=O) groups is 2. The molecule has 0 aliphatic carbocycles. The zero-order valence-corrected chi connectivity index (χ0v) is 20.3. The van der Waals surface area contributed by atoms with E-state index in [1.807, 2.05) is 60.0 Å². The molecule has 0 spiro atoms. The van der Waals surface area contributed by atoms with Gasteiger partial charge in [0.1, 0.15) is 5.25 Å². The minimum Gasteiger partial charge on any atom is -0.324 e. The third-order valence-electron chi connectivity index (χ3n) is 5.12. The minimum absolute atomic E-state index is 0.0935. The number of carbonyl (C=O) groups excluding carboxylic acids is 2. The number of nitrogens with zero attached hydrogens (tertiary/aromatic N) is 1. The van der Waals surface area contributed by atoms with Gasteiger partial charge in [0.05, 0.1) is 15.5 Å². The van der Waals surface area contributed by atoms with Crippen LogP contribution in [0, 0.1) is 17.0 Å². The topological polar surface area (TPSA) is 101 Å². The normalized spacial score (nSPS) is 11.5. The van der Waals surface area contributed by atoms with Crippen LogP contribution in [0.4, 0.5) is 17.1 Å². The van der Waals surface area contributed by atoms with Gasteiger partial charge in [-0.05, 0) is 47.7 Å². The van der Waals surface area contributed by atoms with Gasteiger partial charge in [0.25, 0.3) is 11.6 Å². The molecule has 176 valence electrons. The van der Waals surface area contributed by atoms with Gasteiger partial charge < -0.3 is 10.6 Å². The number of nitro groups is 1. The van der Waals surface area contributed by atoms with Gasteiger partial charge >= 0.3 is 0 Å². The predicted octanol–water partition coefficient (Wildman–Crippen LogP) is 6.69. The van der Waals surface area contributed by atoms with Crippen LogP contribution in [0.3, 0.4) is 0 Å². The SMILES string of the molecule is Cc1ccc([N+](=O)[O-])cc1NC(=O)C(Sc1cccc(NC(=O)c2cccs2)c1)c1ccccc1.